The van der Waals surface area contributed by atoms with Gasteiger partial charge in [-0.3, -0.25) is 0 Å². The highest BCUT2D eigenvalue weighted by atomic mass is 127. The van der Waals surface area contributed by atoms with E-state index in [9.17, 15) is 0 Å². The quantitative estimate of drug-likeness (QED) is 0.570. The molecule has 1 aliphatic rings. The van der Waals surface area contributed by atoms with E-state index in [0.717, 1.165) is 23.0 Å². The van der Waals surface area contributed by atoms with Crippen LogP contribution in [0.25, 0.3) is 0 Å². The Kier molecular flexibility index (Phi) is 3.90. The SMILES string of the molecule is BrCC1(CI)COCOC1. The second-order valence-electron chi connectivity index (χ2n) is 2.58. The second kappa shape index (κ2) is 4.23. The molecule has 10 heavy (non-hydrogen) atoms. The molecule has 1 fully saturated rings. The lowest BCUT2D eigenvalue weighted by atomic mass is 9.96. The molecule has 1 heterocycles. The summed E-state index contributed by atoms with van der Waals surface area (Å²) in [6.45, 7) is 2.10. The van der Waals surface area contributed by atoms with Gasteiger partial charge in [-0.2, -0.15) is 0 Å². The fourth-order valence-corrected chi connectivity index (χ4v) is 2.78. The van der Waals surface area contributed by atoms with Gasteiger partial charge in [0.05, 0.1) is 13.2 Å². The monoisotopic (exact) mass is 320 g/mol. The van der Waals surface area contributed by atoms with Crippen LogP contribution in [0, 0.1) is 5.41 Å². The number of hydrogen-bond acceptors (Lipinski definition) is 2. The second-order valence-corrected chi connectivity index (χ2v) is 3.91. The molecule has 2 nitrogen and oxygen atoms in total. The van der Waals surface area contributed by atoms with Crippen LogP contribution < -0.4 is 0 Å². The van der Waals surface area contributed by atoms with Crippen molar-refractivity contribution >= 4 is 38.5 Å². The molecule has 0 N–H and O–H groups in total. The molecule has 0 spiro atoms. The smallest absolute Gasteiger partial charge is 0.146 e. The molecule has 0 aromatic carbocycles. The normalized spacial score (nSPS) is 24.6. The van der Waals surface area contributed by atoms with E-state index in [2.05, 4.69) is 38.5 Å². The van der Waals surface area contributed by atoms with E-state index in [0.29, 0.717) is 6.79 Å². The summed E-state index contributed by atoms with van der Waals surface area (Å²) < 4.78 is 11.5. The molecule has 0 unspecified atom stereocenters. The Morgan fingerprint density at radius 2 is 2.00 bits per heavy atom. The van der Waals surface area contributed by atoms with Gasteiger partial charge in [-0.15, -0.1) is 0 Å². The van der Waals surface area contributed by atoms with E-state index in [-0.39, 0.29) is 5.41 Å². The Hall–Kier alpha value is 1.13. The van der Waals surface area contributed by atoms with E-state index < -0.39 is 0 Å². The zero-order valence-corrected chi connectivity index (χ0v) is 9.35. The maximum Gasteiger partial charge on any atom is 0.146 e. The minimum atomic E-state index is 0.221. The van der Waals surface area contributed by atoms with Crippen LogP contribution in [0.4, 0.5) is 0 Å². The number of hydrogen-bond donors (Lipinski definition) is 0. The highest BCUT2D eigenvalue weighted by molar-refractivity contribution is 14.1. The molecule has 0 bridgehead atoms. The maximum atomic E-state index is 5.21. The highest BCUT2D eigenvalue weighted by Crippen LogP contribution is 2.26. The van der Waals surface area contributed by atoms with Crippen molar-refractivity contribution in [3.63, 3.8) is 0 Å². The lowest BCUT2D eigenvalue weighted by Crippen LogP contribution is -2.40. The third-order valence-corrected chi connectivity index (χ3v) is 4.36. The zero-order chi connectivity index (χ0) is 7.45. The third kappa shape index (κ3) is 2.06. The van der Waals surface area contributed by atoms with Crippen LogP contribution in [0.5, 0.6) is 0 Å². The number of ether oxygens (including phenoxy) is 2. The number of halogens is 2. The molecule has 60 valence electrons. The van der Waals surface area contributed by atoms with Gasteiger partial charge in [0.15, 0.2) is 0 Å². The minimum absolute atomic E-state index is 0.221. The fourth-order valence-electron chi connectivity index (χ4n) is 0.807. The lowest BCUT2D eigenvalue weighted by Gasteiger charge is -2.33. The van der Waals surface area contributed by atoms with Gasteiger partial charge in [0.2, 0.25) is 0 Å². The van der Waals surface area contributed by atoms with Crippen molar-refractivity contribution in [2.75, 3.05) is 29.8 Å². The van der Waals surface area contributed by atoms with E-state index in [4.69, 9.17) is 9.47 Å². The molecule has 0 aromatic rings. The summed E-state index contributed by atoms with van der Waals surface area (Å²) in [6.07, 6.45) is 0. The Labute approximate surface area is 82.9 Å². The molecule has 0 radical (unpaired) electrons. The molecule has 0 aliphatic carbocycles. The van der Waals surface area contributed by atoms with E-state index in [1.165, 1.54) is 0 Å². The van der Waals surface area contributed by atoms with Crippen LogP contribution in [-0.4, -0.2) is 29.8 Å². The maximum absolute atomic E-state index is 5.21. The van der Waals surface area contributed by atoms with Crippen LogP contribution in [0.2, 0.25) is 0 Å². The van der Waals surface area contributed by atoms with E-state index in [1.807, 2.05) is 0 Å². The van der Waals surface area contributed by atoms with Crippen molar-refractivity contribution in [3.8, 4) is 0 Å². The summed E-state index contributed by atoms with van der Waals surface area (Å²) in [5.74, 6) is 0. The first-order chi connectivity index (χ1) is 4.83. The molecule has 0 aromatic heterocycles. The summed E-state index contributed by atoms with van der Waals surface area (Å²) in [5.41, 5.74) is 0.221. The fraction of sp³-hybridized carbons (Fsp3) is 1.00. The van der Waals surface area contributed by atoms with Gasteiger partial charge in [0.1, 0.15) is 6.79 Å². The lowest BCUT2D eigenvalue weighted by molar-refractivity contribution is -0.148. The minimum Gasteiger partial charge on any atom is -0.355 e. The van der Waals surface area contributed by atoms with Crippen molar-refractivity contribution in [1.82, 2.24) is 0 Å². The first-order valence-electron chi connectivity index (χ1n) is 3.10. The van der Waals surface area contributed by atoms with Gasteiger partial charge in [-0.1, -0.05) is 38.5 Å². The molecule has 0 amide bonds. The van der Waals surface area contributed by atoms with Crippen LogP contribution in [0.3, 0.4) is 0 Å². The highest BCUT2D eigenvalue weighted by Gasteiger charge is 2.31. The predicted octanol–water partition coefficient (Wildman–Crippen LogP) is 1.81. The topological polar surface area (TPSA) is 18.5 Å². The van der Waals surface area contributed by atoms with Gasteiger partial charge >= 0.3 is 0 Å². The van der Waals surface area contributed by atoms with Crippen LogP contribution in [-0.2, 0) is 9.47 Å². The summed E-state index contributed by atoms with van der Waals surface area (Å²) in [5, 5.41) is 0.961. The van der Waals surface area contributed by atoms with E-state index in [1.54, 1.807) is 0 Å². The Bertz CT molecular complexity index is 97.9. The number of rotatable bonds is 2. The van der Waals surface area contributed by atoms with Gasteiger partial charge in [0, 0.05) is 15.2 Å². The third-order valence-electron chi connectivity index (χ3n) is 1.55. The summed E-state index contributed by atoms with van der Waals surface area (Å²) in [7, 11) is 0. The average Bonchev–Trinajstić information content (AvgIpc) is 2.06. The largest absolute Gasteiger partial charge is 0.355 e. The van der Waals surface area contributed by atoms with Crippen LogP contribution >= 0.6 is 38.5 Å². The summed E-state index contributed by atoms with van der Waals surface area (Å²) in [6, 6.07) is 0. The Balaban J connectivity index is 2.44. The van der Waals surface area contributed by atoms with Crippen molar-refractivity contribution in [3.05, 3.63) is 0 Å². The van der Waals surface area contributed by atoms with Crippen molar-refractivity contribution in [1.29, 1.82) is 0 Å². The molecular formula is C6H10BrIO2. The van der Waals surface area contributed by atoms with Crippen molar-refractivity contribution in [2.45, 2.75) is 0 Å². The predicted molar refractivity (Wildman–Crippen MR) is 51.9 cm³/mol. The van der Waals surface area contributed by atoms with Gasteiger partial charge < -0.3 is 9.47 Å². The molecule has 0 atom stereocenters. The van der Waals surface area contributed by atoms with Crippen LogP contribution in [0.1, 0.15) is 0 Å². The Morgan fingerprint density at radius 1 is 1.40 bits per heavy atom. The van der Waals surface area contributed by atoms with E-state index >= 15 is 0 Å². The zero-order valence-electron chi connectivity index (χ0n) is 5.61. The Morgan fingerprint density at radius 3 is 2.30 bits per heavy atom. The van der Waals surface area contributed by atoms with Crippen LogP contribution in [0.15, 0.2) is 0 Å². The standard InChI is InChI=1S/C6H10BrIO2/c7-1-6(2-8)3-9-5-10-4-6/h1-5H2. The first kappa shape index (κ1) is 9.22. The summed E-state index contributed by atoms with van der Waals surface area (Å²) in [4.78, 5) is 0. The van der Waals surface area contributed by atoms with Crippen molar-refractivity contribution in [2.24, 2.45) is 5.41 Å². The molecular weight excluding hydrogens is 311 g/mol. The summed E-state index contributed by atoms with van der Waals surface area (Å²) >= 11 is 5.83. The molecule has 0 saturated carbocycles. The van der Waals surface area contributed by atoms with Crippen molar-refractivity contribution < 1.29 is 9.47 Å². The van der Waals surface area contributed by atoms with Gasteiger partial charge in [-0.05, 0) is 0 Å². The first-order valence-corrected chi connectivity index (χ1v) is 5.75. The molecule has 1 saturated heterocycles. The molecule has 4 heteroatoms. The van der Waals surface area contributed by atoms with Gasteiger partial charge in [-0.25, -0.2) is 0 Å². The molecule has 1 rings (SSSR count). The molecule has 1 aliphatic heterocycles. The number of alkyl halides is 2. The van der Waals surface area contributed by atoms with Gasteiger partial charge in [0.25, 0.3) is 0 Å². The average molecular weight is 321 g/mol.